The lowest BCUT2D eigenvalue weighted by Crippen LogP contribution is -2.09. The molecule has 1 N–H and O–H groups in total. The van der Waals surface area contributed by atoms with Gasteiger partial charge in [-0.05, 0) is 37.3 Å². The molecule has 0 amide bonds. The Balaban J connectivity index is 1.71. The SMILES string of the molecule is Cc1ccc(NCCn2ccc3c(C#N)cccc32)cc1. The monoisotopic (exact) mass is 275 g/mol. The van der Waals surface area contributed by atoms with E-state index in [0.29, 0.717) is 0 Å². The maximum Gasteiger partial charge on any atom is 0.0998 e. The van der Waals surface area contributed by atoms with Crippen molar-refractivity contribution in [1.82, 2.24) is 4.57 Å². The zero-order valence-corrected chi connectivity index (χ0v) is 12.0. The Morgan fingerprint density at radius 2 is 1.90 bits per heavy atom. The van der Waals surface area contributed by atoms with Crippen molar-refractivity contribution < 1.29 is 0 Å². The van der Waals surface area contributed by atoms with Gasteiger partial charge in [-0.2, -0.15) is 5.26 Å². The highest BCUT2D eigenvalue weighted by Gasteiger charge is 2.04. The van der Waals surface area contributed by atoms with E-state index in [0.717, 1.165) is 35.2 Å². The van der Waals surface area contributed by atoms with Gasteiger partial charge in [0, 0.05) is 35.9 Å². The number of nitrogens with one attached hydrogen (secondary N) is 1. The summed E-state index contributed by atoms with van der Waals surface area (Å²) >= 11 is 0. The van der Waals surface area contributed by atoms with Gasteiger partial charge in [0.1, 0.15) is 0 Å². The van der Waals surface area contributed by atoms with Crippen molar-refractivity contribution in [2.75, 3.05) is 11.9 Å². The first kappa shape index (κ1) is 13.3. The lowest BCUT2D eigenvalue weighted by molar-refractivity contribution is 0.757. The Hall–Kier alpha value is -2.73. The number of hydrogen-bond donors (Lipinski definition) is 1. The van der Waals surface area contributed by atoms with Crippen LogP contribution in [0.3, 0.4) is 0 Å². The smallest absolute Gasteiger partial charge is 0.0998 e. The third-order valence-corrected chi connectivity index (χ3v) is 3.67. The van der Waals surface area contributed by atoms with Crippen molar-refractivity contribution in [3.63, 3.8) is 0 Å². The first-order valence-corrected chi connectivity index (χ1v) is 7.06. The van der Waals surface area contributed by atoms with Gasteiger partial charge in [-0.15, -0.1) is 0 Å². The Bertz CT molecular complexity index is 791. The van der Waals surface area contributed by atoms with Crippen LogP contribution in [0.4, 0.5) is 5.69 Å². The van der Waals surface area contributed by atoms with Crippen LogP contribution in [0.2, 0.25) is 0 Å². The molecule has 21 heavy (non-hydrogen) atoms. The van der Waals surface area contributed by atoms with Crippen LogP contribution >= 0.6 is 0 Å². The maximum atomic E-state index is 9.12. The average Bonchev–Trinajstić information content (AvgIpc) is 2.92. The van der Waals surface area contributed by atoms with Crippen molar-refractivity contribution in [2.24, 2.45) is 0 Å². The summed E-state index contributed by atoms with van der Waals surface area (Å²) in [5, 5.41) is 13.6. The fourth-order valence-electron chi connectivity index (χ4n) is 2.51. The van der Waals surface area contributed by atoms with E-state index in [4.69, 9.17) is 5.26 Å². The van der Waals surface area contributed by atoms with Crippen molar-refractivity contribution in [3.05, 3.63) is 65.9 Å². The predicted octanol–water partition coefficient (Wildman–Crippen LogP) is 3.93. The van der Waals surface area contributed by atoms with Crippen molar-refractivity contribution in [1.29, 1.82) is 5.26 Å². The molecule has 3 rings (SSSR count). The summed E-state index contributed by atoms with van der Waals surface area (Å²) in [5.41, 5.74) is 4.24. The molecule has 0 aliphatic carbocycles. The summed E-state index contributed by atoms with van der Waals surface area (Å²) < 4.78 is 2.18. The van der Waals surface area contributed by atoms with Crippen LogP contribution in [0, 0.1) is 18.3 Å². The summed E-state index contributed by atoms with van der Waals surface area (Å²) in [5.74, 6) is 0. The van der Waals surface area contributed by atoms with Gasteiger partial charge in [-0.3, -0.25) is 0 Å². The molecular formula is C18H17N3. The predicted molar refractivity (Wildman–Crippen MR) is 86.3 cm³/mol. The summed E-state index contributed by atoms with van der Waals surface area (Å²) in [6.07, 6.45) is 2.04. The fraction of sp³-hybridized carbons (Fsp3) is 0.167. The average molecular weight is 275 g/mol. The van der Waals surface area contributed by atoms with Gasteiger partial charge in [0.15, 0.2) is 0 Å². The van der Waals surface area contributed by atoms with Crippen LogP contribution in [-0.4, -0.2) is 11.1 Å². The number of fused-ring (bicyclic) bond motifs is 1. The molecule has 0 fully saturated rings. The van der Waals surface area contributed by atoms with Crippen LogP contribution in [0.15, 0.2) is 54.7 Å². The van der Waals surface area contributed by atoms with Crippen molar-refractivity contribution >= 4 is 16.6 Å². The normalized spacial score (nSPS) is 10.5. The number of nitrogens with zero attached hydrogens (tertiary/aromatic N) is 2. The van der Waals surface area contributed by atoms with Crippen LogP contribution in [-0.2, 0) is 6.54 Å². The molecule has 3 nitrogen and oxygen atoms in total. The highest BCUT2D eigenvalue weighted by atomic mass is 15.0. The molecule has 104 valence electrons. The minimum absolute atomic E-state index is 0.734. The van der Waals surface area contributed by atoms with E-state index >= 15 is 0 Å². The Morgan fingerprint density at radius 1 is 1.10 bits per heavy atom. The van der Waals surface area contributed by atoms with E-state index in [9.17, 15) is 0 Å². The number of rotatable bonds is 4. The van der Waals surface area contributed by atoms with E-state index < -0.39 is 0 Å². The zero-order valence-electron chi connectivity index (χ0n) is 12.0. The minimum Gasteiger partial charge on any atom is -0.383 e. The molecule has 1 heterocycles. The van der Waals surface area contributed by atoms with E-state index in [1.165, 1.54) is 5.56 Å². The molecular weight excluding hydrogens is 258 g/mol. The van der Waals surface area contributed by atoms with Gasteiger partial charge in [0.25, 0.3) is 0 Å². The minimum atomic E-state index is 0.734. The first-order chi connectivity index (χ1) is 10.3. The Labute approximate surface area is 124 Å². The first-order valence-electron chi connectivity index (χ1n) is 7.06. The summed E-state index contributed by atoms with van der Waals surface area (Å²) in [6, 6.07) is 18.5. The van der Waals surface area contributed by atoms with Gasteiger partial charge in [0.05, 0.1) is 11.6 Å². The van der Waals surface area contributed by atoms with E-state index in [1.807, 2.05) is 24.4 Å². The van der Waals surface area contributed by atoms with Crippen LogP contribution < -0.4 is 5.32 Å². The zero-order chi connectivity index (χ0) is 14.7. The van der Waals surface area contributed by atoms with E-state index in [2.05, 4.69) is 53.2 Å². The molecule has 0 saturated carbocycles. The number of nitriles is 1. The summed E-state index contributed by atoms with van der Waals surface area (Å²) in [6.45, 7) is 3.80. The number of hydrogen-bond acceptors (Lipinski definition) is 2. The van der Waals surface area contributed by atoms with Crippen molar-refractivity contribution in [2.45, 2.75) is 13.5 Å². The molecule has 0 radical (unpaired) electrons. The number of anilines is 1. The number of benzene rings is 2. The largest absolute Gasteiger partial charge is 0.383 e. The molecule has 0 bridgehead atoms. The topological polar surface area (TPSA) is 40.8 Å². The molecule has 3 heteroatoms. The Kier molecular flexibility index (Phi) is 3.61. The summed E-state index contributed by atoms with van der Waals surface area (Å²) in [4.78, 5) is 0. The lowest BCUT2D eigenvalue weighted by atomic mass is 10.1. The quantitative estimate of drug-likeness (QED) is 0.783. The molecule has 2 aromatic carbocycles. The van der Waals surface area contributed by atoms with E-state index in [1.54, 1.807) is 0 Å². The highest BCUT2D eigenvalue weighted by Crippen LogP contribution is 2.19. The Morgan fingerprint density at radius 3 is 2.67 bits per heavy atom. The second-order valence-electron chi connectivity index (χ2n) is 5.15. The third-order valence-electron chi connectivity index (χ3n) is 3.67. The van der Waals surface area contributed by atoms with Crippen LogP contribution in [0.25, 0.3) is 10.9 Å². The molecule has 0 aliphatic rings. The van der Waals surface area contributed by atoms with Gasteiger partial charge in [-0.25, -0.2) is 0 Å². The molecule has 3 aromatic rings. The highest BCUT2D eigenvalue weighted by molar-refractivity contribution is 5.85. The third kappa shape index (κ3) is 2.75. The standard InChI is InChI=1S/C18H17N3/c1-14-5-7-16(8-6-14)20-10-12-21-11-9-17-15(13-19)3-2-4-18(17)21/h2-9,11,20H,10,12H2,1H3. The fourth-order valence-corrected chi connectivity index (χ4v) is 2.51. The molecule has 0 aliphatic heterocycles. The second kappa shape index (κ2) is 5.72. The maximum absolute atomic E-state index is 9.12. The lowest BCUT2D eigenvalue weighted by Gasteiger charge is -2.09. The molecule has 0 unspecified atom stereocenters. The van der Waals surface area contributed by atoms with Crippen molar-refractivity contribution in [3.8, 4) is 6.07 Å². The van der Waals surface area contributed by atoms with Gasteiger partial charge in [0.2, 0.25) is 0 Å². The molecule has 0 atom stereocenters. The van der Waals surface area contributed by atoms with Crippen LogP contribution in [0.5, 0.6) is 0 Å². The van der Waals surface area contributed by atoms with Gasteiger partial charge in [-0.1, -0.05) is 23.8 Å². The second-order valence-corrected chi connectivity index (χ2v) is 5.15. The molecule has 0 saturated heterocycles. The van der Waals surface area contributed by atoms with Crippen LogP contribution in [0.1, 0.15) is 11.1 Å². The molecule has 1 aromatic heterocycles. The molecule has 0 spiro atoms. The van der Waals surface area contributed by atoms with E-state index in [-0.39, 0.29) is 0 Å². The number of aryl methyl sites for hydroxylation is 1. The number of aromatic nitrogens is 1. The van der Waals surface area contributed by atoms with Gasteiger partial charge >= 0.3 is 0 Å². The van der Waals surface area contributed by atoms with Gasteiger partial charge < -0.3 is 9.88 Å². The summed E-state index contributed by atoms with van der Waals surface area (Å²) in [7, 11) is 0.